The number of amidine groups is 2. The molecule has 4 rings (SSSR count). The Morgan fingerprint density at radius 1 is 1.08 bits per heavy atom. The first-order valence-corrected chi connectivity index (χ1v) is 13.6. The Hall–Kier alpha value is -3.64. The highest BCUT2D eigenvalue weighted by Gasteiger charge is 2.38. The van der Waals surface area contributed by atoms with E-state index in [1.165, 1.54) is 13.2 Å². The molecule has 2 aliphatic rings. The van der Waals surface area contributed by atoms with Crippen molar-refractivity contribution in [2.75, 3.05) is 26.6 Å². The lowest BCUT2D eigenvalue weighted by molar-refractivity contribution is -0.114. The van der Waals surface area contributed by atoms with Crippen molar-refractivity contribution in [2.24, 2.45) is 10.1 Å². The highest BCUT2D eigenvalue weighted by Crippen LogP contribution is 2.32. The Morgan fingerprint density at radius 2 is 1.81 bits per heavy atom. The molecule has 0 atom stereocenters. The molecule has 0 spiro atoms. The largest absolute Gasteiger partial charge is 0.493 e. The average molecular weight is 529 g/mol. The van der Waals surface area contributed by atoms with Crippen LogP contribution in [0.3, 0.4) is 0 Å². The molecule has 2 aromatic rings. The van der Waals surface area contributed by atoms with E-state index in [4.69, 9.17) is 19.6 Å². The molecular formula is C24H24N4O6S2. The number of hydrogen-bond donors (Lipinski definition) is 1. The van der Waals surface area contributed by atoms with E-state index in [9.17, 15) is 13.2 Å². The Bertz CT molecular complexity index is 1420. The van der Waals surface area contributed by atoms with Gasteiger partial charge in [0.15, 0.2) is 17.3 Å². The highest BCUT2D eigenvalue weighted by molar-refractivity contribution is 8.42. The predicted octanol–water partition coefficient (Wildman–Crippen LogP) is 3.47. The van der Waals surface area contributed by atoms with Crippen LogP contribution in [0.2, 0.25) is 0 Å². The molecule has 0 saturated heterocycles. The van der Waals surface area contributed by atoms with Gasteiger partial charge in [-0.1, -0.05) is 24.3 Å². The first kappa shape index (κ1) is 25.5. The second-order valence-electron chi connectivity index (χ2n) is 7.88. The number of ether oxygens (including phenoxy) is 3. The SMILES string of the molecule is COc1cc(/C=C2/C(=N)N3N=C(S(C)(=O)=O)SC3=NC2=O)ccc1OCCCOc1ccccc1C. The number of thioether (sulfide) groups is 1. The molecule has 0 radical (unpaired) electrons. The van der Waals surface area contributed by atoms with Crippen LogP contribution in [-0.4, -0.2) is 61.3 Å². The minimum atomic E-state index is -3.59. The van der Waals surface area contributed by atoms with Gasteiger partial charge in [0, 0.05) is 12.7 Å². The van der Waals surface area contributed by atoms with Gasteiger partial charge in [-0.05, 0) is 54.1 Å². The van der Waals surface area contributed by atoms with Gasteiger partial charge >= 0.3 is 0 Å². The van der Waals surface area contributed by atoms with E-state index in [0.29, 0.717) is 36.7 Å². The fraction of sp³-hybridized carbons (Fsp3) is 0.250. The molecule has 0 saturated carbocycles. The standard InChI is InChI=1S/C24H24N4O6S2/c1-15-7-4-5-8-18(15)33-11-6-12-34-19-10-9-16(14-20(19)32-2)13-17-21(25)28-23(26-22(17)29)35-24(27-28)36(3,30)31/h4-5,7-10,13-14,25H,6,11-12H2,1-3H3/b17-13-,25-21?. The number of carbonyl (C=O) groups is 1. The summed E-state index contributed by atoms with van der Waals surface area (Å²) in [4.78, 5) is 16.4. The Labute approximate surface area is 213 Å². The van der Waals surface area contributed by atoms with E-state index in [0.717, 1.165) is 34.3 Å². The van der Waals surface area contributed by atoms with Gasteiger partial charge < -0.3 is 14.2 Å². The van der Waals surface area contributed by atoms with Gasteiger partial charge in [0.1, 0.15) is 5.75 Å². The molecule has 0 unspecified atom stereocenters. The van der Waals surface area contributed by atoms with Crippen molar-refractivity contribution in [2.45, 2.75) is 13.3 Å². The fourth-order valence-electron chi connectivity index (χ4n) is 3.33. The molecule has 2 heterocycles. The van der Waals surface area contributed by atoms with E-state index in [-0.39, 0.29) is 21.0 Å². The molecule has 1 N–H and O–H groups in total. The maximum Gasteiger partial charge on any atom is 0.283 e. The van der Waals surface area contributed by atoms with Crippen LogP contribution in [0.5, 0.6) is 17.2 Å². The van der Waals surface area contributed by atoms with Crippen LogP contribution in [0.4, 0.5) is 0 Å². The lowest BCUT2D eigenvalue weighted by atomic mass is 10.1. The number of aliphatic imine (C=N–C) groups is 1. The third-order valence-electron chi connectivity index (χ3n) is 5.15. The molecule has 10 nitrogen and oxygen atoms in total. The number of nitrogens with zero attached hydrogens (tertiary/aromatic N) is 3. The number of fused-ring (bicyclic) bond motifs is 1. The number of methoxy groups -OCH3 is 1. The van der Waals surface area contributed by atoms with Crippen molar-refractivity contribution >= 4 is 49.0 Å². The molecule has 12 heteroatoms. The topological polar surface area (TPSA) is 131 Å². The molecule has 2 aliphatic heterocycles. The zero-order valence-electron chi connectivity index (χ0n) is 19.8. The summed E-state index contributed by atoms with van der Waals surface area (Å²) in [6, 6.07) is 12.9. The molecule has 36 heavy (non-hydrogen) atoms. The van der Waals surface area contributed by atoms with E-state index < -0.39 is 15.7 Å². The van der Waals surface area contributed by atoms with Gasteiger partial charge in [-0.25, -0.2) is 8.42 Å². The van der Waals surface area contributed by atoms with E-state index >= 15 is 0 Å². The summed E-state index contributed by atoms with van der Waals surface area (Å²) >= 11 is 0.739. The monoisotopic (exact) mass is 528 g/mol. The molecule has 188 valence electrons. The van der Waals surface area contributed by atoms with Gasteiger partial charge in [-0.3, -0.25) is 10.2 Å². The number of hydrogen-bond acceptors (Lipinski definition) is 9. The van der Waals surface area contributed by atoms with Gasteiger partial charge in [-0.15, -0.1) is 5.10 Å². The maximum absolute atomic E-state index is 12.6. The minimum Gasteiger partial charge on any atom is -0.493 e. The Balaban J connectivity index is 1.42. The van der Waals surface area contributed by atoms with Crippen molar-refractivity contribution in [1.82, 2.24) is 5.01 Å². The number of sulfone groups is 1. The molecule has 0 bridgehead atoms. The number of aryl methyl sites for hydroxylation is 1. The lowest BCUT2D eigenvalue weighted by Gasteiger charge is -2.20. The van der Waals surface area contributed by atoms with E-state index in [2.05, 4.69) is 10.1 Å². The smallest absolute Gasteiger partial charge is 0.283 e. The normalized spacial score (nSPS) is 16.5. The van der Waals surface area contributed by atoms with Crippen molar-refractivity contribution in [1.29, 1.82) is 5.41 Å². The summed E-state index contributed by atoms with van der Waals surface area (Å²) in [7, 11) is -2.09. The molecular weight excluding hydrogens is 504 g/mol. The van der Waals surface area contributed by atoms with Crippen LogP contribution in [0, 0.1) is 12.3 Å². The van der Waals surface area contributed by atoms with Gasteiger partial charge in [0.2, 0.25) is 19.4 Å². The quantitative estimate of drug-likeness (QED) is 0.407. The van der Waals surface area contributed by atoms with E-state index in [1.807, 2.05) is 31.2 Å². The number of benzene rings is 2. The third kappa shape index (κ3) is 5.60. The van der Waals surface area contributed by atoms with Gasteiger partial charge in [-0.2, -0.15) is 10.0 Å². The number of carbonyl (C=O) groups excluding carboxylic acids is 1. The number of para-hydroxylation sites is 1. The molecule has 0 aromatic heterocycles. The Morgan fingerprint density at radius 3 is 2.50 bits per heavy atom. The number of hydrazone groups is 1. The summed E-state index contributed by atoms with van der Waals surface area (Å²) in [5.41, 5.74) is 1.62. The van der Waals surface area contributed by atoms with Crippen LogP contribution >= 0.6 is 11.8 Å². The van der Waals surface area contributed by atoms with Crippen molar-refractivity contribution < 1.29 is 27.4 Å². The van der Waals surface area contributed by atoms with Crippen LogP contribution < -0.4 is 14.2 Å². The lowest BCUT2D eigenvalue weighted by Crippen LogP contribution is -2.35. The van der Waals surface area contributed by atoms with Crippen molar-refractivity contribution in [3.05, 3.63) is 59.2 Å². The van der Waals surface area contributed by atoms with Crippen molar-refractivity contribution in [3.8, 4) is 17.2 Å². The van der Waals surface area contributed by atoms with Crippen LogP contribution in [0.15, 0.2) is 58.1 Å². The first-order valence-electron chi connectivity index (χ1n) is 10.9. The molecule has 0 aliphatic carbocycles. The van der Waals surface area contributed by atoms with Gasteiger partial charge in [0.05, 0.1) is 25.9 Å². The zero-order chi connectivity index (χ0) is 25.9. The first-order chi connectivity index (χ1) is 17.2. The molecule has 1 amide bonds. The second-order valence-corrected chi connectivity index (χ2v) is 11.0. The fourth-order valence-corrected chi connectivity index (χ4v) is 5.01. The van der Waals surface area contributed by atoms with Crippen molar-refractivity contribution in [3.63, 3.8) is 0 Å². The Kier molecular flexibility index (Phi) is 7.45. The minimum absolute atomic E-state index is 0.0260. The number of nitrogens with one attached hydrogen (secondary N) is 1. The highest BCUT2D eigenvalue weighted by atomic mass is 32.3. The summed E-state index contributed by atoms with van der Waals surface area (Å²) in [5.74, 6) is 0.912. The average Bonchev–Trinajstić information content (AvgIpc) is 3.28. The predicted molar refractivity (Wildman–Crippen MR) is 140 cm³/mol. The summed E-state index contributed by atoms with van der Waals surface area (Å²) in [6.45, 7) is 2.91. The zero-order valence-corrected chi connectivity index (χ0v) is 21.5. The number of amides is 1. The van der Waals surface area contributed by atoms with Gasteiger partial charge in [0.25, 0.3) is 5.91 Å². The van der Waals surface area contributed by atoms with Crippen LogP contribution in [-0.2, 0) is 14.6 Å². The number of rotatable bonds is 8. The summed E-state index contributed by atoms with van der Waals surface area (Å²) in [5, 5.41) is 13.4. The van der Waals surface area contributed by atoms with Crippen LogP contribution in [0.25, 0.3) is 6.08 Å². The summed E-state index contributed by atoms with van der Waals surface area (Å²) < 4.78 is 40.4. The summed E-state index contributed by atoms with van der Waals surface area (Å²) in [6.07, 6.45) is 3.15. The maximum atomic E-state index is 12.6. The van der Waals surface area contributed by atoms with E-state index in [1.54, 1.807) is 18.2 Å². The van der Waals surface area contributed by atoms with Crippen LogP contribution in [0.1, 0.15) is 17.5 Å². The molecule has 0 fully saturated rings. The third-order valence-corrected chi connectivity index (χ3v) is 7.73. The molecule has 2 aromatic carbocycles. The second kappa shape index (κ2) is 10.5.